The van der Waals surface area contributed by atoms with Crippen molar-refractivity contribution in [1.82, 2.24) is 4.90 Å². The quantitative estimate of drug-likeness (QED) is 0.839. The van der Waals surface area contributed by atoms with Gasteiger partial charge in [0.05, 0.1) is 17.3 Å². The van der Waals surface area contributed by atoms with Crippen molar-refractivity contribution < 1.29 is 4.79 Å². The van der Waals surface area contributed by atoms with E-state index < -0.39 is 0 Å². The number of carbonyl (C=O) groups excluding carboxylic acids is 1. The molecule has 5 heteroatoms. The van der Waals surface area contributed by atoms with Crippen LogP contribution in [-0.2, 0) is 4.79 Å². The van der Waals surface area contributed by atoms with Gasteiger partial charge in [0.25, 0.3) is 0 Å². The number of nitrogens with zero attached hydrogens (tertiary/aromatic N) is 1. The van der Waals surface area contributed by atoms with Crippen molar-refractivity contribution in [2.24, 2.45) is 0 Å². The zero-order valence-electron chi connectivity index (χ0n) is 11.9. The summed E-state index contributed by atoms with van der Waals surface area (Å²) in [6.07, 6.45) is 4.72. The van der Waals surface area contributed by atoms with Crippen LogP contribution in [0.5, 0.6) is 0 Å². The molecule has 2 rings (SSSR count). The van der Waals surface area contributed by atoms with Crippen LogP contribution in [0.2, 0.25) is 5.02 Å². The highest BCUT2D eigenvalue weighted by molar-refractivity contribution is 6.34. The highest BCUT2D eigenvalue weighted by atomic mass is 35.5. The summed E-state index contributed by atoms with van der Waals surface area (Å²) in [4.78, 5) is 14.4. The van der Waals surface area contributed by atoms with Gasteiger partial charge in [-0.2, -0.15) is 0 Å². The number of nitrogen functional groups attached to an aromatic ring is 1. The summed E-state index contributed by atoms with van der Waals surface area (Å²) in [6.45, 7) is 3.61. The number of rotatable bonds is 4. The molecule has 20 heavy (non-hydrogen) atoms. The normalized spacial score (nSPS) is 19.8. The van der Waals surface area contributed by atoms with Crippen LogP contribution in [0, 0.1) is 0 Å². The van der Waals surface area contributed by atoms with Gasteiger partial charge in [0, 0.05) is 11.7 Å². The first-order valence-corrected chi connectivity index (χ1v) is 7.57. The molecule has 0 radical (unpaired) electrons. The summed E-state index contributed by atoms with van der Waals surface area (Å²) in [5.41, 5.74) is 6.85. The average molecular weight is 296 g/mol. The first-order chi connectivity index (χ1) is 9.60. The highest BCUT2D eigenvalue weighted by Crippen LogP contribution is 2.24. The van der Waals surface area contributed by atoms with E-state index in [1.165, 1.54) is 19.3 Å². The van der Waals surface area contributed by atoms with Crippen molar-refractivity contribution in [1.29, 1.82) is 0 Å². The van der Waals surface area contributed by atoms with Crippen molar-refractivity contribution in [3.8, 4) is 0 Å². The molecule has 1 aromatic carbocycles. The van der Waals surface area contributed by atoms with Gasteiger partial charge >= 0.3 is 0 Å². The van der Waals surface area contributed by atoms with E-state index in [9.17, 15) is 4.79 Å². The lowest BCUT2D eigenvalue weighted by Gasteiger charge is -2.34. The molecule has 0 spiro atoms. The number of hydrogen-bond acceptors (Lipinski definition) is 3. The summed E-state index contributed by atoms with van der Waals surface area (Å²) in [6, 6.07) is 5.64. The van der Waals surface area contributed by atoms with E-state index in [0.717, 1.165) is 13.0 Å². The Kier molecular flexibility index (Phi) is 5.26. The Bertz CT molecular complexity index is 478. The molecular formula is C15H22ClN3O. The van der Waals surface area contributed by atoms with Gasteiger partial charge in [0.15, 0.2) is 0 Å². The Balaban J connectivity index is 1.94. The van der Waals surface area contributed by atoms with Crippen LogP contribution in [0.15, 0.2) is 18.2 Å². The molecule has 0 saturated carbocycles. The van der Waals surface area contributed by atoms with E-state index in [1.54, 1.807) is 18.2 Å². The van der Waals surface area contributed by atoms with Gasteiger partial charge in [-0.3, -0.25) is 9.69 Å². The van der Waals surface area contributed by atoms with Crippen molar-refractivity contribution in [3.05, 3.63) is 23.2 Å². The molecule has 4 nitrogen and oxygen atoms in total. The molecule has 0 aromatic heterocycles. The van der Waals surface area contributed by atoms with Gasteiger partial charge in [0.2, 0.25) is 5.91 Å². The van der Waals surface area contributed by atoms with E-state index in [-0.39, 0.29) is 5.91 Å². The van der Waals surface area contributed by atoms with Gasteiger partial charge in [-0.15, -0.1) is 0 Å². The molecule has 1 fully saturated rings. The number of nitrogens with one attached hydrogen (secondary N) is 1. The second-order valence-corrected chi connectivity index (χ2v) is 5.72. The van der Waals surface area contributed by atoms with Crippen LogP contribution >= 0.6 is 11.6 Å². The van der Waals surface area contributed by atoms with Gasteiger partial charge in [-0.05, 0) is 44.0 Å². The third-order valence-electron chi connectivity index (χ3n) is 3.83. The molecule has 1 heterocycles. The fraction of sp³-hybridized carbons (Fsp3) is 0.533. The predicted molar refractivity (Wildman–Crippen MR) is 84.0 cm³/mol. The molecule has 1 aromatic rings. The maximum absolute atomic E-state index is 12.1. The van der Waals surface area contributed by atoms with Gasteiger partial charge in [-0.25, -0.2) is 0 Å². The molecule has 1 aliphatic heterocycles. The zero-order valence-corrected chi connectivity index (χ0v) is 12.6. The number of hydrogen-bond donors (Lipinski definition) is 2. The van der Waals surface area contributed by atoms with Crippen molar-refractivity contribution in [2.45, 2.75) is 38.6 Å². The molecule has 1 aliphatic rings. The third kappa shape index (κ3) is 3.87. The first-order valence-electron chi connectivity index (χ1n) is 7.19. The van der Waals surface area contributed by atoms with E-state index in [1.807, 2.05) is 0 Å². The smallest absolute Gasteiger partial charge is 0.238 e. The number of carbonyl (C=O) groups is 1. The number of piperidine rings is 1. The SMILES string of the molecule is CCC1CCCCN1CC(=O)Nc1ccc(N)cc1Cl. The van der Waals surface area contributed by atoms with Crippen LogP contribution in [0.4, 0.5) is 11.4 Å². The van der Waals surface area contributed by atoms with Gasteiger partial charge in [-0.1, -0.05) is 24.9 Å². The summed E-state index contributed by atoms with van der Waals surface area (Å²) in [5, 5.41) is 3.34. The number of likely N-dealkylation sites (tertiary alicyclic amines) is 1. The number of anilines is 2. The molecule has 0 aliphatic carbocycles. The minimum absolute atomic E-state index is 0.0166. The average Bonchev–Trinajstić information content (AvgIpc) is 2.42. The van der Waals surface area contributed by atoms with E-state index >= 15 is 0 Å². The molecule has 1 amide bonds. The molecule has 3 N–H and O–H groups in total. The monoisotopic (exact) mass is 295 g/mol. The van der Waals surface area contributed by atoms with Crippen molar-refractivity contribution in [2.75, 3.05) is 24.1 Å². The van der Waals surface area contributed by atoms with Crippen LogP contribution in [0.1, 0.15) is 32.6 Å². The maximum Gasteiger partial charge on any atom is 0.238 e. The van der Waals surface area contributed by atoms with Crippen LogP contribution < -0.4 is 11.1 Å². The molecule has 0 bridgehead atoms. The fourth-order valence-corrected chi connectivity index (χ4v) is 2.97. The van der Waals surface area contributed by atoms with Crippen LogP contribution in [0.3, 0.4) is 0 Å². The molecule has 1 saturated heterocycles. The van der Waals surface area contributed by atoms with Crippen molar-refractivity contribution in [3.63, 3.8) is 0 Å². The standard InChI is InChI=1S/C15H22ClN3O/c1-2-12-5-3-4-8-19(12)10-15(20)18-14-7-6-11(17)9-13(14)16/h6-7,9,12H,2-5,8,10,17H2,1H3,(H,18,20). The molecular weight excluding hydrogens is 274 g/mol. The predicted octanol–water partition coefficient (Wildman–Crippen LogP) is 3.13. The zero-order chi connectivity index (χ0) is 14.5. The first kappa shape index (κ1) is 15.1. The fourth-order valence-electron chi connectivity index (χ4n) is 2.74. The molecule has 1 atom stereocenters. The summed E-state index contributed by atoms with van der Waals surface area (Å²) < 4.78 is 0. The minimum Gasteiger partial charge on any atom is -0.399 e. The minimum atomic E-state index is -0.0166. The summed E-state index contributed by atoms with van der Waals surface area (Å²) in [5.74, 6) is -0.0166. The van der Waals surface area contributed by atoms with E-state index in [2.05, 4.69) is 17.1 Å². The number of amides is 1. The van der Waals surface area contributed by atoms with Gasteiger partial charge < -0.3 is 11.1 Å². The lowest BCUT2D eigenvalue weighted by atomic mass is 10.00. The maximum atomic E-state index is 12.1. The van der Waals surface area contributed by atoms with Crippen LogP contribution in [0.25, 0.3) is 0 Å². The summed E-state index contributed by atoms with van der Waals surface area (Å²) in [7, 11) is 0. The number of halogens is 1. The third-order valence-corrected chi connectivity index (χ3v) is 4.15. The topological polar surface area (TPSA) is 58.4 Å². The lowest BCUT2D eigenvalue weighted by molar-refractivity contribution is -0.118. The van der Waals surface area contributed by atoms with Crippen molar-refractivity contribution >= 4 is 28.9 Å². The number of benzene rings is 1. The Morgan fingerprint density at radius 1 is 1.50 bits per heavy atom. The summed E-state index contributed by atoms with van der Waals surface area (Å²) >= 11 is 6.06. The Labute approximate surface area is 125 Å². The molecule has 1 unspecified atom stereocenters. The Hall–Kier alpha value is -1.26. The highest BCUT2D eigenvalue weighted by Gasteiger charge is 2.22. The second-order valence-electron chi connectivity index (χ2n) is 5.32. The Morgan fingerprint density at radius 3 is 3.00 bits per heavy atom. The largest absolute Gasteiger partial charge is 0.399 e. The number of nitrogens with two attached hydrogens (primary N) is 1. The van der Waals surface area contributed by atoms with Crippen LogP contribution in [-0.4, -0.2) is 29.9 Å². The van der Waals surface area contributed by atoms with E-state index in [0.29, 0.717) is 29.0 Å². The molecule has 110 valence electrons. The van der Waals surface area contributed by atoms with E-state index in [4.69, 9.17) is 17.3 Å². The second kappa shape index (κ2) is 6.95. The Morgan fingerprint density at radius 2 is 2.30 bits per heavy atom. The van der Waals surface area contributed by atoms with Gasteiger partial charge in [0.1, 0.15) is 0 Å². The lowest BCUT2D eigenvalue weighted by Crippen LogP contribution is -2.43.